The molecule has 0 aromatic carbocycles. The molecule has 4 heterocycles. The zero-order valence-electron chi connectivity index (χ0n) is 15.0. The molecule has 0 atom stereocenters. The number of aryl methyl sites for hydroxylation is 1. The van der Waals surface area contributed by atoms with Crippen molar-refractivity contribution in [2.45, 2.75) is 25.3 Å². The first-order valence-electron chi connectivity index (χ1n) is 8.69. The Balaban J connectivity index is 1.47. The zero-order chi connectivity index (χ0) is 17.4. The summed E-state index contributed by atoms with van der Waals surface area (Å²) in [5.74, 6) is 2.30. The van der Waals surface area contributed by atoms with Crippen LogP contribution in [0.15, 0.2) is 24.7 Å². The number of aromatic nitrogens is 6. The van der Waals surface area contributed by atoms with Crippen LogP contribution in [0.4, 0.5) is 5.82 Å². The van der Waals surface area contributed by atoms with Crippen LogP contribution in [-0.4, -0.2) is 61.4 Å². The van der Waals surface area contributed by atoms with Crippen molar-refractivity contribution in [2.24, 2.45) is 7.05 Å². The van der Waals surface area contributed by atoms with Crippen molar-refractivity contribution in [3.63, 3.8) is 0 Å². The number of imidazole rings is 1. The Labute approximate surface area is 147 Å². The first kappa shape index (κ1) is 16.0. The minimum absolute atomic E-state index is 0.403. The van der Waals surface area contributed by atoms with E-state index < -0.39 is 0 Å². The minimum Gasteiger partial charge on any atom is -0.361 e. The molecule has 0 unspecified atom stereocenters. The van der Waals surface area contributed by atoms with Crippen molar-refractivity contribution in [2.75, 3.05) is 32.1 Å². The van der Waals surface area contributed by atoms with E-state index in [0.717, 1.165) is 55.5 Å². The summed E-state index contributed by atoms with van der Waals surface area (Å²) >= 11 is 0. The molecule has 25 heavy (non-hydrogen) atoms. The molecule has 8 nitrogen and oxygen atoms in total. The molecule has 1 fully saturated rings. The van der Waals surface area contributed by atoms with Crippen molar-refractivity contribution in [3.05, 3.63) is 36.2 Å². The lowest BCUT2D eigenvalue weighted by molar-refractivity contribution is 0.199. The molecule has 0 bridgehead atoms. The smallest absolute Gasteiger partial charge is 0.178 e. The van der Waals surface area contributed by atoms with E-state index in [0.29, 0.717) is 5.92 Å². The predicted molar refractivity (Wildman–Crippen MR) is 95.6 cm³/mol. The molecule has 132 valence electrons. The second-order valence-electron chi connectivity index (χ2n) is 7.00. The van der Waals surface area contributed by atoms with Gasteiger partial charge >= 0.3 is 0 Å². The first-order valence-corrected chi connectivity index (χ1v) is 8.69. The summed E-state index contributed by atoms with van der Waals surface area (Å²) in [4.78, 5) is 8.88. The summed E-state index contributed by atoms with van der Waals surface area (Å²) in [6.45, 7) is 3.00. The number of nitrogens with zero attached hydrogens (tertiary/aromatic N) is 8. The first-order chi connectivity index (χ1) is 12.1. The Morgan fingerprint density at radius 2 is 1.96 bits per heavy atom. The molecule has 3 aromatic rings. The quantitative estimate of drug-likeness (QED) is 0.713. The highest BCUT2D eigenvalue weighted by Gasteiger charge is 2.25. The predicted octanol–water partition coefficient (Wildman–Crippen LogP) is 1.30. The van der Waals surface area contributed by atoms with E-state index >= 15 is 0 Å². The zero-order valence-corrected chi connectivity index (χ0v) is 15.0. The fraction of sp³-hybridized carbons (Fsp3) is 0.529. The number of piperidine rings is 1. The Bertz CT molecular complexity index is 857. The van der Waals surface area contributed by atoms with Gasteiger partial charge in [0.1, 0.15) is 5.82 Å². The maximum absolute atomic E-state index is 4.69. The molecule has 4 rings (SSSR count). The summed E-state index contributed by atoms with van der Waals surface area (Å²) in [6.07, 6.45) is 6.09. The van der Waals surface area contributed by atoms with Gasteiger partial charge < -0.3 is 9.47 Å². The van der Waals surface area contributed by atoms with Gasteiger partial charge in [0.25, 0.3) is 0 Å². The van der Waals surface area contributed by atoms with E-state index in [1.807, 2.05) is 53.6 Å². The summed E-state index contributed by atoms with van der Waals surface area (Å²) in [5, 5.41) is 13.4. The molecule has 3 aromatic heterocycles. The number of rotatable bonds is 4. The molecule has 0 amide bonds. The Morgan fingerprint density at radius 3 is 2.64 bits per heavy atom. The third kappa shape index (κ3) is 3.21. The van der Waals surface area contributed by atoms with Gasteiger partial charge in [0.2, 0.25) is 0 Å². The van der Waals surface area contributed by atoms with E-state index in [9.17, 15) is 0 Å². The van der Waals surface area contributed by atoms with Gasteiger partial charge in [-0.15, -0.1) is 15.3 Å². The Kier molecular flexibility index (Phi) is 4.12. The number of hydrogen-bond acceptors (Lipinski definition) is 6. The number of anilines is 1. The maximum atomic E-state index is 4.69. The summed E-state index contributed by atoms with van der Waals surface area (Å²) in [6, 6.07) is 3.96. The van der Waals surface area contributed by atoms with Crippen LogP contribution < -0.4 is 4.90 Å². The van der Waals surface area contributed by atoms with E-state index in [1.165, 1.54) is 0 Å². The molecule has 0 N–H and O–H groups in total. The molecule has 0 aliphatic carbocycles. The largest absolute Gasteiger partial charge is 0.361 e. The fourth-order valence-electron chi connectivity index (χ4n) is 3.42. The highest BCUT2D eigenvalue weighted by atomic mass is 15.4. The topological polar surface area (TPSA) is 67.4 Å². The summed E-state index contributed by atoms with van der Waals surface area (Å²) < 4.78 is 3.91. The molecular formula is C17H24N8. The highest BCUT2D eigenvalue weighted by molar-refractivity contribution is 5.45. The molecule has 0 radical (unpaired) electrons. The molecule has 1 aliphatic heterocycles. The molecule has 1 aliphatic rings. The molecule has 0 spiro atoms. The van der Waals surface area contributed by atoms with Crippen LogP contribution in [-0.2, 0) is 13.6 Å². The van der Waals surface area contributed by atoms with Crippen LogP contribution in [0.2, 0.25) is 0 Å². The lowest BCUT2D eigenvalue weighted by Gasteiger charge is -2.30. The molecular weight excluding hydrogens is 316 g/mol. The number of hydrogen-bond donors (Lipinski definition) is 0. The minimum atomic E-state index is 0.403. The molecule has 1 saturated heterocycles. The van der Waals surface area contributed by atoms with Crippen LogP contribution in [0.3, 0.4) is 0 Å². The average molecular weight is 340 g/mol. The van der Waals surface area contributed by atoms with Gasteiger partial charge in [-0.3, -0.25) is 4.90 Å². The van der Waals surface area contributed by atoms with E-state index in [4.69, 9.17) is 5.10 Å². The highest BCUT2D eigenvalue weighted by Crippen LogP contribution is 2.27. The van der Waals surface area contributed by atoms with Gasteiger partial charge in [-0.2, -0.15) is 4.52 Å². The Hall–Kier alpha value is -2.48. The van der Waals surface area contributed by atoms with Crippen LogP contribution in [0, 0.1) is 0 Å². The van der Waals surface area contributed by atoms with Crippen LogP contribution >= 0.6 is 0 Å². The van der Waals surface area contributed by atoms with E-state index in [-0.39, 0.29) is 0 Å². The molecule has 8 heteroatoms. The van der Waals surface area contributed by atoms with Crippen LogP contribution in [0.1, 0.15) is 30.3 Å². The van der Waals surface area contributed by atoms with Crippen molar-refractivity contribution in [1.29, 1.82) is 0 Å². The number of fused-ring (bicyclic) bond motifs is 1. The van der Waals surface area contributed by atoms with Crippen molar-refractivity contribution in [1.82, 2.24) is 34.3 Å². The lowest BCUT2D eigenvalue weighted by Crippen LogP contribution is -2.33. The van der Waals surface area contributed by atoms with Gasteiger partial charge in [0, 0.05) is 39.8 Å². The van der Waals surface area contributed by atoms with Crippen molar-refractivity contribution < 1.29 is 0 Å². The van der Waals surface area contributed by atoms with E-state index in [2.05, 4.69) is 26.3 Å². The average Bonchev–Trinajstić information content (AvgIpc) is 3.21. The van der Waals surface area contributed by atoms with Crippen LogP contribution in [0.5, 0.6) is 0 Å². The summed E-state index contributed by atoms with van der Waals surface area (Å²) in [5.41, 5.74) is 1.95. The van der Waals surface area contributed by atoms with Crippen LogP contribution in [0.25, 0.3) is 5.65 Å². The van der Waals surface area contributed by atoms with Gasteiger partial charge in [0.05, 0.1) is 12.0 Å². The third-order valence-electron chi connectivity index (χ3n) is 4.83. The standard InChI is InChI=1S/C17H24N8/c1-22(2)16-5-4-15-19-20-17(25(15)21-16)13-6-8-24(9-7-13)11-14-10-23(3)12-18-14/h4-5,10,12-13H,6-9,11H2,1-3H3. The van der Waals surface area contributed by atoms with Crippen molar-refractivity contribution in [3.8, 4) is 0 Å². The van der Waals surface area contributed by atoms with E-state index in [1.54, 1.807) is 0 Å². The lowest BCUT2D eigenvalue weighted by atomic mass is 9.96. The van der Waals surface area contributed by atoms with Gasteiger partial charge in [0.15, 0.2) is 11.5 Å². The summed E-state index contributed by atoms with van der Waals surface area (Å²) in [7, 11) is 6.00. The SMILES string of the molecule is CN(C)c1ccc2nnc(C3CCN(Cc4cn(C)cn4)CC3)n2n1. The molecule has 0 saturated carbocycles. The van der Waals surface area contributed by atoms with Crippen molar-refractivity contribution >= 4 is 11.5 Å². The Morgan fingerprint density at radius 1 is 1.16 bits per heavy atom. The normalized spacial score (nSPS) is 16.6. The van der Waals surface area contributed by atoms with Gasteiger partial charge in [-0.25, -0.2) is 4.98 Å². The monoisotopic (exact) mass is 340 g/mol. The van der Waals surface area contributed by atoms with Gasteiger partial charge in [-0.05, 0) is 38.1 Å². The van der Waals surface area contributed by atoms with Gasteiger partial charge in [-0.1, -0.05) is 0 Å². The number of likely N-dealkylation sites (tertiary alicyclic amines) is 1. The third-order valence-corrected chi connectivity index (χ3v) is 4.83. The fourth-order valence-corrected chi connectivity index (χ4v) is 3.42. The maximum Gasteiger partial charge on any atom is 0.178 e. The second kappa shape index (κ2) is 6.44. The second-order valence-corrected chi connectivity index (χ2v) is 7.00.